The summed E-state index contributed by atoms with van der Waals surface area (Å²) in [5.74, 6) is 0.157. The van der Waals surface area contributed by atoms with Gasteiger partial charge in [0.25, 0.3) is 0 Å². The molecule has 1 aromatic heterocycles. The van der Waals surface area contributed by atoms with Gasteiger partial charge in [-0.3, -0.25) is 0 Å². The van der Waals surface area contributed by atoms with Crippen molar-refractivity contribution in [2.75, 3.05) is 5.73 Å². The number of hydrogen-bond donors (Lipinski definition) is 3. The third-order valence-corrected chi connectivity index (χ3v) is 2.76. The topological polar surface area (TPSA) is 66.5 Å². The molecule has 0 saturated heterocycles. The molecule has 1 heterocycles. The van der Waals surface area contributed by atoms with Crippen molar-refractivity contribution in [3.05, 3.63) is 18.2 Å². The molecule has 0 spiro atoms. The molecule has 12 heavy (non-hydrogen) atoms. The molecule has 0 radical (unpaired) electrons. The van der Waals surface area contributed by atoms with Crippen molar-refractivity contribution in [3.8, 4) is 10.8 Å². The fourth-order valence-corrected chi connectivity index (χ4v) is 1.98. The number of nitrogen functional groups attached to an aromatic ring is 1. The number of benzene rings is 1. The van der Waals surface area contributed by atoms with Crippen LogP contribution in [0.25, 0.3) is 10.1 Å². The predicted molar refractivity (Wildman–Crippen MR) is 49.6 cm³/mol. The standard InChI is InChI=1S/C8H7NO2S/c9-6-4-2-1-3-5(10)7(4)12-8(6)11/h1-3,10-11H,9H2. The molecule has 2 aromatic rings. The third-order valence-electron chi connectivity index (χ3n) is 1.71. The van der Waals surface area contributed by atoms with Crippen molar-refractivity contribution in [1.29, 1.82) is 0 Å². The first-order valence-electron chi connectivity index (χ1n) is 3.39. The van der Waals surface area contributed by atoms with Crippen molar-refractivity contribution in [3.63, 3.8) is 0 Å². The van der Waals surface area contributed by atoms with E-state index in [1.54, 1.807) is 18.2 Å². The quantitative estimate of drug-likeness (QED) is 0.581. The highest BCUT2D eigenvalue weighted by atomic mass is 32.1. The normalized spacial score (nSPS) is 10.7. The Morgan fingerprint density at radius 1 is 1.25 bits per heavy atom. The highest BCUT2D eigenvalue weighted by Gasteiger charge is 2.09. The molecule has 0 fully saturated rings. The minimum atomic E-state index is 0.0616. The van der Waals surface area contributed by atoms with Crippen molar-refractivity contribution >= 4 is 27.1 Å². The zero-order chi connectivity index (χ0) is 8.72. The van der Waals surface area contributed by atoms with Crippen LogP contribution in [0.5, 0.6) is 10.8 Å². The highest BCUT2D eigenvalue weighted by Crippen LogP contribution is 2.42. The zero-order valence-electron chi connectivity index (χ0n) is 6.11. The SMILES string of the molecule is Nc1c(O)sc2c(O)cccc12. The second-order valence-electron chi connectivity index (χ2n) is 2.47. The minimum absolute atomic E-state index is 0.0616. The van der Waals surface area contributed by atoms with E-state index in [-0.39, 0.29) is 10.8 Å². The Kier molecular flexibility index (Phi) is 1.38. The molecular formula is C8H7NO2S. The minimum Gasteiger partial charge on any atom is -0.506 e. The van der Waals surface area contributed by atoms with E-state index < -0.39 is 0 Å². The molecule has 3 nitrogen and oxygen atoms in total. The van der Waals surface area contributed by atoms with E-state index in [2.05, 4.69) is 0 Å². The number of phenolic OH excluding ortho intramolecular Hbond substituents is 1. The van der Waals surface area contributed by atoms with Gasteiger partial charge in [-0.2, -0.15) is 0 Å². The van der Waals surface area contributed by atoms with E-state index in [1.807, 2.05) is 0 Å². The summed E-state index contributed by atoms with van der Waals surface area (Å²) in [5.41, 5.74) is 5.90. The number of hydrogen-bond acceptors (Lipinski definition) is 4. The van der Waals surface area contributed by atoms with Gasteiger partial charge in [0, 0.05) is 5.39 Å². The highest BCUT2D eigenvalue weighted by molar-refractivity contribution is 7.21. The first-order valence-corrected chi connectivity index (χ1v) is 4.20. The second kappa shape index (κ2) is 2.28. The van der Waals surface area contributed by atoms with Crippen LogP contribution in [0.2, 0.25) is 0 Å². The van der Waals surface area contributed by atoms with Gasteiger partial charge < -0.3 is 15.9 Å². The Labute approximate surface area is 72.7 Å². The Morgan fingerprint density at radius 2 is 2.00 bits per heavy atom. The molecule has 0 amide bonds. The molecule has 4 N–H and O–H groups in total. The number of phenols is 1. The van der Waals surface area contributed by atoms with Crippen LogP contribution in [0.15, 0.2) is 18.2 Å². The van der Waals surface area contributed by atoms with Gasteiger partial charge in [0.05, 0.1) is 10.4 Å². The van der Waals surface area contributed by atoms with Crippen LogP contribution in [-0.2, 0) is 0 Å². The molecule has 0 saturated carbocycles. The zero-order valence-corrected chi connectivity index (χ0v) is 6.93. The van der Waals surface area contributed by atoms with Crippen molar-refractivity contribution in [1.82, 2.24) is 0 Å². The average Bonchev–Trinajstić information content (AvgIpc) is 2.32. The Hall–Kier alpha value is -1.42. The molecule has 62 valence electrons. The average molecular weight is 181 g/mol. The fraction of sp³-hybridized carbons (Fsp3) is 0. The van der Waals surface area contributed by atoms with Gasteiger partial charge in [-0.25, -0.2) is 0 Å². The van der Waals surface area contributed by atoms with Gasteiger partial charge in [0.1, 0.15) is 5.75 Å². The van der Waals surface area contributed by atoms with Gasteiger partial charge >= 0.3 is 0 Å². The summed E-state index contributed by atoms with van der Waals surface area (Å²) >= 11 is 1.09. The molecule has 0 atom stereocenters. The van der Waals surface area contributed by atoms with Crippen LogP contribution < -0.4 is 5.73 Å². The second-order valence-corrected chi connectivity index (χ2v) is 3.47. The van der Waals surface area contributed by atoms with Crippen LogP contribution in [0.1, 0.15) is 0 Å². The Morgan fingerprint density at radius 3 is 2.67 bits per heavy atom. The van der Waals surface area contributed by atoms with Gasteiger partial charge in [-0.05, 0) is 6.07 Å². The molecule has 0 aliphatic rings. The summed E-state index contributed by atoms with van der Waals surface area (Å²) in [4.78, 5) is 0. The van der Waals surface area contributed by atoms with Crippen molar-refractivity contribution < 1.29 is 10.2 Å². The lowest BCUT2D eigenvalue weighted by Gasteiger charge is -1.92. The van der Waals surface area contributed by atoms with Crippen LogP contribution in [0.3, 0.4) is 0 Å². The smallest absolute Gasteiger partial charge is 0.196 e. The molecule has 0 unspecified atom stereocenters. The first kappa shape index (κ1) is 7.24. The maximum absolute atomic E-state index is 9.35. The van der Waals surface area contributed by atoms with E-state index >= 15 is 0 Å². The lowest BCUT2D eigenvalue weighted by Crippen LogP contribution is -1.80. The molecule has 4 heteroatoms. The summed E-state index contributed by atoms with van der Waals surface area (Å²) in [5, 5.41) is 19.4. The number of thiophene rings is 1. The van der Waals surface area contributed by atoms with E-state index in [0.29, 0.717) is 15.8 Å². The number of fused-ring (bicyclic) bond motifs is 1. The molecule has 2 rings (SSSR count). The van der Waals surface area contributed by atoms with E-state index in [0.717, 1.165) is 11.3 Å². The van der Waals surface area contributed by atoms with Gasteiger partial charge in [0.2, 0.25) is 0 Å². The van der Waals surface area contributed by atoms with Gasteiger partial charge in [0.15, 0.2) is 5.06 Å². The van der Waals surface area contributed by atoms with Crippen molar-refractivity contribution in [2.24, 2.45) is 0 Å². The lowest BCUT2D eigenvalue weighted by atomic mass is 10.2. The summed E-state index contributed by atoms with van der Waals surface area (Å²) in [6.45, 7) is 0. The molecule has 0 aliphatic carbocycles. The van der Waals surface area contributed by atoms with Gasteiger partial charge in [-0.15, -0.1) is 0 Å². The number of anilines is 1. The van der Waals surface area contributed by atoms with E-state index in [9.17, 15) is 10.2 Å². The van der Waals surface area contributed by atoms with Crippen LogP contribution in [-0.4, -0.2) is 10.2 Å². The predicted octanol–water partition coefficient (Wildman–Crippen LogP) is 1.89. The van der Waals surface area contributed by atoms with Crippen LogP contribution in [0, 0.1) is 0 Å². The number of nitrogens with two attached hydrogens (primary N) is 1. The molecule has 0 bridgehead atoms. The fourth-order valence-electron chi connectivity index (χ4n) is 1.11. The summed E-state index contributed by atoms with van der Waals surface area (Å²) in [6.07, 6.45) is 0. The van der Waals surface area contributed by atoms with Crippen LogP contribution in [0.4, 0.5) is 5.69 Å². The van der Waals surface area contributed by atoms with E-state index in [4.69, 9.17) is 5.73 Å². The number of rotatable bonds is 0. The maximum atomic E-state index is 9.35. The number of aromatic hydroxyl groups is 2. The van der Waals surface area contributed by atoms with Gasteiger partial charge in [-0.1, -0.05) is 23.5 Å². The third kappa shape index (κ3) is 0.816. The largest absolute Gasteiger partial charge is 0.506 e. The molecule has 1 aromatic carbocycles. The van der Waals surface area contributed by atoms with Crippen molar-refractivity contribution in [2.45, 2.75) is 0 Å². The Bertz CT molecular complexity index is 436. The summed E-state index contributed by atoms with van der Waals surface area (Å²) in [7, 11) is 0. The first-order chi connectivity index (χ1) is 5.70. The van der Waals surface area contributed by atoms with E-state index in [1.165, 1.54) is 0 Å². The monoisotopic (exact) mass is 181 g/mol. The van der Waals surface area contributed by atoms with Crippen LogP contribution >= 0.6 is 11.3 Å². The maximum Gasteiger partial charge on any atom is 0.196 e. The molecular weight excluding hydrogens is 174 g/mol. The Balaban J connectivity index is 2.95. The summed E-state index contributed by atoms with van der Waals surface area (Å²) < 4.78 is 0.632. The summed E-state index contributed by atoms with van der Waals surface area (Å²) in [6, 6.07) is 5.03. The molecule has 0 aliphatic heterocycles. The lowest BCUT2D eigenvalue weighted by molar-refractivity contribution is 0.482.